The van der Waals surface area contributed by atoms with Crippen LogP contribution in [0.2, 0.25) is 0 Å². The maximum absolute atomic E-state index is 13.0. The van der Waals surface area contributed by atoms with Crippen molar-refractivity contribution in [2.24, 2.45) is 11.7 Å². The van der Waals surface area contributed by atoms with Crippen molar-refractivity contribution in [1.29, 1.82) is 0 Å². The average molecular weight is 472 g/mol. The second-order valence-corrected chi connectivity index (χ2v) is 9.48. The summed E-state index contributed by atoms with van der Waals surface area (Å²) >= 11 is 0. The van der Waals surface area contributed by atoms with Crippen molar-refractivity contribution in [2.45, 2.75) is 44.5 Å². The zero-order chi connectivity index (χ0) is 23.3. The molecule has 2 rings (SSSR count). The number of carbonyl (C=O) groups is 3. The summed E-state index contributed by atoms with van der Waals surface area (Å²) in [6.45, 7) is 9.00. The van der Waals surface area contributed by atoms with Gasteiger partial charge in [-0.15, -0.1) is 0 Å². The Hall–Kier alpha value is -2.43. The molecule has 1 saturated heterocycles. The molecule has 1 heterocycles. The second kappa shape index (κ2) is 10.3. The third-order valence-corrected chi connectivity index (χ3v) is 6.20. The number of nitrogens with two attached hydrogens (primary N) is 1. The van der Waals surface area contributed by atoms with Crippen molar-refractivity contribution >= 4 is 38.6 Å². The molecule has 31 heavy (non-hydrogen) atoms. The number of nitrogens with one attached hydrogen (secondary N) is 1. The van der Waals surface area contributed by atoms with Crippen molar-refractivity contribution in [2.75, 3.05) is 6.61 Å². The summed E-state index contributed by atoms with van der Waals surface area (Å²) in [6, 6.07) is 6.46. The van der Waals surface area contributed by atoms with Gasteiger partial charge in [-0.05, 0) is 34.7 Å². The largest absolute Gasteiger partial charge is 0.464 e. The summed E-state index contributed by atoms with van der Waals surface area (Å²) in [5.41, 5.74) is 6.23. The number of β-lactam (4-membered cyclic amide) rings is 1. The van der Waals surface area contributed by atoms with Crippen LogP contribution >= 0.6 is 10.7 Å². The summed E-state index contributed by atoms with van der Waals surface area (Å²) in [5.74, 6) is -1.47. The molecule has 0 radical (unpaired) electrons. The standard InChI is InChI=1S/C20H26ClN3O6S/c1-12(2)10-30-18(26)15(13(3)4)24-17(25)16(20(24,31(21)28)23-19(22)27)29-11-14-8-6-5-7-9-14/h5-9,12,15-16H,3,10-11H2,1-2,4H3,(H3,22,23,27). The minimum absolute atomic E-state index is 0.0309. The molecule has 1 aromatic carbocycles. The predicted molar refractivity (Wildman–Crippen MR) is 116 cm³/mol. The number of urea groups is 1. The molecule has 11 heteroatoms. The number of hydrogen-bond donors (Lipinski definition) is 2. The first-order valence-corrected chi connectivity index (χ1v) is 11.5. The van der Waals surface area contributed by atoms with Crippen molar-refractivity contribution in [3.63, 3.8) is 0 Å². The third-order valence-electron chi connectivity index (χ3n) is 4.49. The van der Waals surface area contributed by atoms with Crippen LogP contribution in [0.15, 0.2) is 42.5 Å². The van der Waals surface area contributed by atoms with Crippen molar-refractivity contribution in [1.82, 2.24) is 10.2 Å². The lowest BCUT2D eigenvalue weighted by molar-refractivity contribution is -0.194. The van der Waals surface area contributed by atoms with Gasteiger partial charge >= 0.3 is 12.0 Å². The number of hydrogen-bond acceptors (Lipinski definition) is 6. The van der Waals surface area contributed by atoms with E-state index in [0.29, 0.717) is 0 Å². The van der Waals surface area contributed by atoms with E-state index in [2.05, 4.69) is 11.9 Å². The number of carbonyl (C=O) groups excluding carboxylic acids is 3. The van der Waals surface area contributed by atoms with Gasteiger partial charge in [0.1, 0.15) is 0 Å². The van der Waals surface area contributed by atoms with Crippen LogP contribution in [0.25, 0.3) is 0 Å². The lowest BCUT2D eigenvalue weighted by atomic mass is 9.96. The van der Waals surface area contributed by atoms with Crippen molar-refractivity contribution in [3.05, 3.63) is 48.0 Å². The number of amides is 3. The van der Waals surface area contributed by atoms with Crippen LogP contribution in [-0.2, 0) is 35.7 Å². The molecule has 1 fully saturated rings. The van der Waals surface area contributed by atoms with Gasteiger partial charge in [0.05, 0.1) is 13.2 Å². The Morgan fingerprint density at radius 1 is 1.35 bits per heavy atom. The van der Waals surface area contributed by atoms with Gasteiger partial charge in [-0.1, -0.05) is 50.8 Å². The summed E-state index contributed by atoms with van der Waals surface area (Å²) in [5, 5.41) is 2.25. The molecule has 4 atom stereocenters. The smallest absolute Gasteiger partial charge is 0.333 e. The van der Waals surface area contributed by atoms with E-state index in [4.69, 9.17) is 25.9 Å². The highest BCUT2D eigenvalue weighted by molar-refractivity contribution is 8.09. The summed E-state index contributed by atoms with van der Waals surface area (Å²) in [6.07, 6.45) is -1.45. The van der Waals surface area contributed by atoms with Gasteiger partial charge in [-0.3, -0.25) is 9.69 Å². The lowest BCUT2D eigenvalue weighted by Crippen LogP contribution is -2.85. The molecule has 3 amide bonds. The normalized spacial score (nSPS) is 22.4. The Kier molecular flexibility index (Phi) is 8.21. The van der Waals surface area contributed by atoms with Gasteiger partial charge in [0, 0.05) is 0 Å². The highest BCUT2D eigenvalue weighted by Gasteiger charge is 2.69. The summed E-state index contributed by atoms with van der Waals surface area (Å²) in [4.78, 5) is 36.3. The predicted octanol–water partition coefficient (Wildman–Crippen LogP) is 1.78. The Labute approximate surface area is 187 Å². The highest BCUT2D eigenvalue weighted by Crippen LogP contribution is 2.41. The van der Waals surface area contributed by atoms with E-state index in [9.17, 15) is 18.6 Å². The molecule has 3 N–H and O–H groups in total. The van der Waals surface area contributed by atoms with Crippen LogP contribution in [-0.4, -0.2) is 50.8 Å². The number of primary amides is 1. The number of nitrogens with zero attached hydrogens (tertiary/aromatic N) is 1. The first kappa shape index (κ1) is 24.8. The monoisotopic (exact) mass is 471 g/mol. The fraction of sp³-hybridized carbons (Fsp3) is 0.450. The first-order chi connectivity index (χ1) is 14.5. The molecule has 1 aromatic rings. The van der Waals surface area contributed by atoms with E-state index >= 15 is 0 Å². The lowest BCUT2D eigenvalue weighted by Gasteiger charge is -2.56. The van der Waals surface area contributed by atoms with Gasteiger partial charge in [-0.25, -0.2) is 13.8 Å². The zero-order valence-corrected chi connectivity index (χ0v) is 19.1. The number of rotatable bonds is 10. The van der Waals surface area contributed by atoms with Gasteiger partial charge in [0.15, 0.2) is 22.2 Å². The fourth-order valence-electron chi connectivity index (χ4n) is 3.13. The van der Waals surface area contributed by atoms with E-state index < -0.39 is 45.1 Å². The Balaban J connectivity index is 2.40. The number of esters is 1. The molecule has 1 aliphatic heterocycles. The molecular formula is C20H26ClN3O6S. The van der Waals surface area contributed by atoms with Crippen molar-refractivity contribution in [3.8, 4) is 0 Å². The molecule has 9 nitrogen and oxygen atoms in total. The average Bonchev–Trinajstić information content (AvgIpc) is 2.69. The molecule has 0 aliphatic carbocycles. The SMILES string of the molecule is C=C(C)C(C(=O)OCC(C)C)N1C(=O)C(OCc2ccccc2)C1(NC(N)=O)S(=O)Cl. The molecule has 1 aliphatic rings. The minimum Gasteiger partial charge on any atom is -0.464 e. The minimum atomic E-state index is -2.42. The van der Waals surface area contributed by atoms with E-state index in [1.54, 1.807) is 24.3 Å². The van der Waals surface area contributed by atoms with Gasteiger partial charge in [0.25, 0.3) is 5.91 Å². The zero-order valence-electron chi connectivity index (χ0n) is 17.5. The van der Waals surface area contributed by atoms with E-state index in [1.807, 2.05) is 19.9 Å². The maximum atomic E-state index is 13.0. The van der Waals surface area contributed by atoms with Crippen LogP contribution in [0, 0.1) is 5.92 Å². The van der Waals surface area contributed by atoms with E-state index in [1.165, 1.54) is 6.92 Å². The van der Waals surface area contributed by atoms with Crippen LogP contribution in [0.3, 0.4) is 0 Å². The number of halogens is 1. The molecule has 4 unspecified atom stereocenters. The molecule has 0 spiro atoms. The summed E-state index contributed by atoms with van der Waals surface area (Å²) < 4.78 is 23.6. The topological polar surface area (TPSA) is 128 Å². The van der Waals surface area contributed by atoms with Gasteiger partial charge in [0.2, 0.25) is 4.99 Å². The molecule has 0 aromatic heterocycles. The fourth-order valence-corrected chi connectivity index (χ4v) is 4.58. The Morgan fingerprint density at radius 3 is 2.45 bits per heavy atom. The first-order valence-electron chi connectivity index (χ1n) is 9.48. The Bertz CT molecular complexity index is 881. The van der Waals surface area contributed by atoms with E-state index in [-0.39, 0.29) is 24.7 Å². The molecule has 170 valence electrons. The molecular weight excluding hydrogens is 446 g/mol. The highest BCUT2D eigenvalue weighted by atomic mass is 35.7. The van der Waals surface area contributed by atoms with Gasteiger partial charge in [-0.2, -0.15) is 0 Å². The van der Waals surface area contributed by atoms with E-state index in [0.717, 1.165) is 10.5 Å². The molecule has 0 saturated carbocycles. The summed E-state index contributed by atoms with van der Waals surface area (Å²) in [7, 11) is 3.53. The second-order valence-electron chi connectivity index (χ2n) is 7.57. The van der Waals surface area contributed by atoms with Crippen LogP contribution in [0.1, 0.15) is 26.3 Å². The van der Waals surface area contributed by atoms with Crippen LogP contribution in [0.5, 0.6) is 0 Å². The molecule has 0 bridgehead atoms. The number of benzene rings is 1. The quantitative estimate of drug-likeness (QED) is 0.232. The van der Waals surface area contributed by atoms with Crippen molar-refractivity contribution < 1.29 is 28.1 Å². The number of likely N-dealkylation sites (tertiary alicyclic amines) is 1. The number of ether oxygens (including phenoxy) is 2. The van der Waals surface area contributed by atoms with Gasteiger partial charge < -0.3 is 20.5 Å². The Morgan fingerprint density at radius 2 is 1.97 bits per heavy atom. The maximum Gasteiger partial charge on any atom is 0.333 e. The van der Waals surface area contributed by atoms with Crippen LogP contribution in [0.4, 0.5) is 4.79 Å². The third kappa shape index (κ3) is 5.25. The van der Waals surface area contributed by atoms with Crippen LogP contribution < -0.4 is 11.1 Å².